The molecule has 3 aromatic carbocycles. The Bertz CT molecular complexity index is 1990. The normalized spacial score (nSPS) is 11.5. The minimum absolute atomic E-state index is 0. The Morgan fingerprint density at radius 2 is 1.60 bits per heavy atom. The average Bonchev–Trinajstić information content (AvgIpc) is 3.64. The molecule has 0 atom stereocenters. The predicted octanol–water partition coefficient (Wildman–Crippen LogP) is 8.11. The van der Waals surface area contributed by atoms with E-state index >= 15 is 0 Å². The maximum atomic E-state index is 6.28. The first-order chi connectivity index (χ1) is 19.9. The van der Waals surface area contributed by atoms with E-state index in [4.69, 9.17) is 9.72 Å². The zero-order valence-electron chi connectivity index (χ0n) is 23.4. The molecule has 0 aliphatic rings. The van der Waals surface area contributed by atoms with Gasteiger partial charge in [0.05, 0.1) is 0 Å². The third-order valence-electron chi connectivity index (χ3n) is 7.23. The van der Waals surface area contributed by atoms with Gasteiger partial charge in [0.15, 0.2) is 0 Å². The SMILES string of the molecule is CC(C)(C)c1ccc2c(c1)c1ccc(Oc3[c-]c(-n4cccn4)ccc3)[c-]c1n2-c1ccc(-c2ccncc2)cn1.[Pt+2]. The predicted molar refractivity (Wildman–Crippen MR) is 162 cm³/mol. The van der Waals surface area contributed by atoms with E-state index in [0.29, 0.717) is 11.5 Å². The van der Waals surface area contributed by atoms with Crippen molar-refractivity contribution in [2.75, 3.05) is 0 Å². The molecule has 0 aliphatic carbocycles. The maximum absolute atomic E-state index is 6.28. The van der Waals surface area contributed by atoms with Crippen molar-refractivity contribution in [3.05, 3.63) is 128 Å². The minimum Gasteiger partial charge on any atom is -0.509 e. The molecule has 0 spiro atoms. The number of hydrogen-bond acceptors (Lipinski definition) is 4. The van der Waals surface area contributed by atoms with Crippen LogP contribution in [0.3, 0.4) is 0 Å². The van der Waals surface area contributed by atoms with Gasteiger partial charge >= 0.3 is 21.1 Å². The largest absolute Gasteiger partial charge is 2.00 e. The Balaban J connectivity index is 0.00000316. The topological polar surface area (TPSA) is 57.8 Å². The van der Waals surface area contributed by atoms with E-state index in [1.54, 1.807) is 23.3 Å². The Morgan fingerprint density at radius 1 is 0.762 bits per heavy atom. The number of nitrogens with zero attached hydrogens (tertiary/aromatic N) is 5. The Hall–Kier alpha value is -4.54. The van der Waals surface area contributed by atoms with Crippen molar-refractivity contribution < 1.29 is 25.8 Å². The zero-order valence-corrected chi connectivity index (χ0v) is 25.6. The van der Waals surface area contributed by atoms with Crippen LogP contribution in [0.2, 0.25) is 0 Å². The Kier molecular flexibility index (Phi) is 7.26. The van der Waals surface area contributed by atoms with E-state index in [1.807, 2.05) is 54.9 Å². The smallest absolute Gasteiger partial charge is 0.509 e. The molecular weight excluding hydrogens is 701 g/mol. The molecule has 4 heterocycles. The van der Waals surface area contributed by atoms with E-state index in [-0.39, 0.29) is 26.5 Å². The van der Waals surface area contributed by atoms with Crippen LogP contribution >= 0.6 is 0 Å². The third-order valence-corrected chi connectivity index (χ3v) is 7.23. The molecule has 6 nitrogen and oxygen atoms in total. The molecule has 0 fully saturated rings. The van der Waals surface area contributed by atoms with Crippen LogP contribution < -0.4 is 4.74 Å². The first kappa shape index (κ1) is 27.6. The fourth-order valence-electron chi connectivity index (χ4n) is 5.08. The first-order valence-electron chi connectivity index (χ1n) is 13.5. The molecule has 0 aliphatic heterocycles. The Labute approximate surface area is 258 Å². The summed E-state index contributed by atoms with van der Waals surface area (Å²) in [6, 6.07) is 33.3. The molecule has 7 aromatic rings. The van der Waals surface area contributed by atoms with Crippen LogP contribution in [0.15, 0.2) is 110 Å². The summed E-state index contributed by atoms with van der Waals surface area (Å²) in [4.78, 5) is 9.02. The molecule has 0 N–H and O–H groups in total. The fraction of sp³-hybridized carbons (Fsp3) is 0.114. The van der Waals surface area contributed by atoms with Gasteiger partial charge in [-0.2, -0.15) is 17.2 Å². The van der Waals surface area contributed by atoms with Gasteiger partial charge in [-0.1, -0.05) is 38.4 Å². The number of ether oxygens (including phenoxy) is 1. The van der Waals surface area contributed by atoms with E-state index < -0.39 is 0 Å². The van der Waals surface area contributed by atoms with Crippen molar-refractivity contribution in [1.82, 2.24) is 24.3 Å². The Morgan fingerprint density at radius 3 is 2.33 bits per heavy atom. The van der Waals surface area contributed by atoms with E-state index in [9.17, 15) is 0 Å². The first-order valence-corrected chi connectivity index (χ1v) is 13.5. The summed E-state index contributed by atoms with van der Waals surface area (Å²) in [5.74, 6) is 2.00. The van der Waals surface area contributed by atoms with Crippen molar-refractivity contribution in [2.24, 2.45) is 0 Å². The number of aromatic nitrogens is 5. The second kappa shape index (κ2) is 11.0. The number of hydrogen-bond donors (Lipinski definition) is 0. The average molecular weight is 729 g/mol. The van der Waals surface area contributed by atoms with Crippen molar-refractivity contribution in [3.63, 3.8) is 0 Å². The maximum Gasteiger partial charge on any atom is 2.00 e. The molecule has 4 aromatic heterocycles. The van der Waals surface area contributed by atoms with Gasteiger partial charge in [-0.3, -0.25) is 9.67 Å². The van der Waals surface area contributed by atoms with Crippen molar-refractivity contribution in [3.8, 4) is 34.1 Å². The number of benzene rings is 3. The molecule has 0 unspecified atom stereocenters. The molecule has 0 saturated heterocycles. The molecule has 0 saturated carbocycles. The van der Waals surface area contributed by atoms with Gasteiger partial charge in [-0.15, -0.1) is 35.7 Å². The molecular formula is C35H27N5OPt. The third kappa shape index (κ3) is 5.15. The van der Waals surface area contributed by atoms with E-state index in [0.717, 1.165) is 44.4 Å². The number of fused-ring (bicyclic) bond motifs is 3. The van der Waals surface area contributed by atoms with Crippen molar-refractivity contribution >= 4 is 21.8 Å². The number of pyridine rings is 2. The summed E-state index contributed by atoms with van der Waals surface area (Å²) in [6.45, 7) is 6.70. The summed E-state index contributed by atoms with van der Waals surface area (Å²) in [5, 5.41) is 6.55. The quantitative estimate of drug-likeness (QED) is 0.168. The van der Waals surface area contributed by atoms with Crippen LogP contribution in [0, 0.1) is 12.1 Å². The second-order valence-corrected chi connectivity index (χ2v) is 11.0. The van der Waals surface area contributed by atoms with Crippen LogP contribution in [-0.4, -0.2) is 24.3 Å². The summed E-state index contributed by atoms with van der Waals surface area (Å²) in [6.07, 6.45) is 9.11. The molecule has 0 bridgehead atoms. The van der Waals surface area contributed by atoms with E-state index in [2.05, 4.69) is 84.0 Å². The van der Waals surface area contributed by atoms with Gasteiger partial charge in [0.1, 0.15) is 5.82 Å². The van der Waals surface area contributed by atoms with Crippen LogP contribution in [-0.2, 0) is 26.5 Å². The molecule has 42 heavy (non-hydrogen) atoms. The zero-order chi connectivity index (χ0) is 28.0. The van der Waals surface area contributed by atoms with Gasteiger partial charge < -0.3 is 9.30 Å². The molecule has 0 amide bonds. The minimum atomic E-state index is 0. The summed E-state index contributed by atoms with van der Waals surface area (Å²) in [7, 11) is 0. The summed E-state index contributed by atoms with van der Waals surface area (Å²) >= 11 is 0. The van der Waals surface area contributed by atoms with Crippen LogP contribution in [0.4, 0.5) is 0 Å². The standard InChI is InChI=1S/C35H27N5O.Pt/c1-35(2,3)26-9-12-32-31(20-26)30-11-10-29(41-28-7-4-6-27(21-28)39-19-5-16-38-39)22-33(30)40(32)34-13-8-25(23-37-34)24-14-17-36-18-15-24;/h4-20,23H,1-3H3;/q-2;+2. The van der Waals surface area contributed by atoms with Gasteiger partial charge in [0, 0.05) is 53.6 Å². The van der Waals surface area contributed by atoms with E-state index in [1.165, 1.54) is 5.56 Å². The van der Waals surface area contributed by atoms with Crippen LogP contribution in [0.5, 0.6) is 11.5 Å². The van der Waals surface area contributed by atoms with Crippen molar-refractivity contribution in [2.45, 2.75) is 26.2 Å². The molecule has 208 valence electrons. The van der Waals surface area contributed by atoms with Crippen molar-refractivity contribution in [1.29, 1.82) is 0 Å². The van der Waals surface area contributed by atoms with Gasteiger partial charge in [-0.25, -0.2) is 4.98 Å². The molecule has 0 radical (unpaired) electrons. The monoisotopic (exact) mass is 728 g/mol. The molecule has 7 heteroatoms. The van der Waals surface area contributed by atoms with Gasteiger partial charge in [0.2, 0.25) is 0 Å². The summed E-state index contributed by atoms with van der Waals surface area (Å²) < 4.78 is 10.2. The van der Waals surface area contributed by atoms with Crippen LogP contribution in [0.1, 0.15) is 26.3 Å². The van der Waals surface area contributed by atoms with Gasteiger partial charge in [-0.05, 0) is 64.0 Å². The van der Waals surface area contributed by atoms with Crippen LogP contribution in [0.25, 0.3) is 44.4 Å². The number of rotatable bonds is 5. The second-order valence-electron chi connectivity index (χ2n) is 11.0. The molecule has 7 rings (SSSR count). The van der Waals surface area contributed by atoms with Gasteiger partial charge in [0.25, 0.3) is 0 Å². The fourth-order valence-corrected chi connectivity index (χ4v) is 5.08. The summed E-state index contributed by atoms with van der Waals surface area (Å²) in [5.41, 5.74) is 6.18.